The SMILES string of the molecule is CCc1[nH]c(C(C)C)nc1C(F)(F)F. The lowest BCUT2D eigenvalue weighted by molar-refractivity contribution is -0.141. The van der Waals surface area contributed by atoms with Gasteiger partial charge in [0.1, 0.15) is 5.82 Å². The summed E-state index contributed by atoms with van der Waals surface area (Å²) in [7, 11) is 0. The number of rotatable bonds is 2. The maximum absolute atomic E-state index is 12.4. The Bertz CT molecular complexity index is 312. The third-order valence-corrected chi connectivity index (χ3v) is 1.97. The normalized spacial score (nSPS) is 12.5. The molecule has 0 aromatic carbocycles. The Morgan fingerprint density at radius 1 is 1.36 bits per heavy atom. The van der Waals surface area contributed by atoms with Crippen LogP contribution in [0, 0.1) is 0 Å². The van der Waals surface area contributed by atoms with E-state index in [1.54, 1.807) is 20.8 Å². The summed E-state index contributed by atoms with van der Waals surface area (Å²) >= 11 is 0. The monoisotopic (exact) mass is 206 g/mol. The molecule has 1 aromatic heterocycles. The first kappa shape index (κ1) is 11.1. The van der Waals surface area contributed by atoms with Crippen LogP contribution in [0.25, 0.3) is 0 Å². The van der Waals surface area contributed by atoms with Gasteiger partial charge in [-0.15, -0.1) is 0 Å². The van der Waals surface area contributed by atoms with Gasteiger partial charge in [-0.25, -0.2) is 4.98 Å². The Morgan fingerprint density at radius 2 is 1.93 bits per heavy atom. The van der Waals surface area contributed by atoms with E-state index in [9.17, 15) is 13.2 Å². The molecule has 0 aliphatic rings. The highest BCUT2D eigenvalue weighted by molar-refractivity contribution is 5.19. The number of aromatic nitrogens is 2. The summed E-state index contributed by atoms with van der Waals surface area (Å²) < 4.78 is 37.3. The minimum absolute atomic E-state index is 0.0172. The van der Waals surface area contributed by atoms with Crippen LogP contribution in [0.3, 0.4) is 0 Å². The molecule has 1 aromatic rings. The van der Waals surface area contributed by atoms with E-state index in [0.717, 1.165) is 0 Å². The Kier molecular flexibility index (Phi) is 2.87. The zero-order valence-electron chi connectivity index (χ0n) is 8.37. The van der Waals surface area contributed by atoms with E-state index in [1.807, 2.05) is 0 Å². The van der Waals surface area contributed by atoms with Gasteiger partial charge in [0.05, 0.1) is 0 Å². The molecule has 0 spiro atoms. The van der Waals surface area contributed by atoms with Crippen molar-refractivity contribution in [2.24, 2.45) is 0 Å². The molecule has 0 fully saturated rings. The Hall–Kier alpha value is -1.00. The first-order valence-corrected chi connectivity index (χ1v) is 4.52. The Balaban J connectivity index is 3.16. The molecular weight excluding hydrogens is 193 g/mol. The van der Waals surface area contributed by atoms with Crippen molar-refractivity contribution in [3.05, 3.63) is 17.2 Å². The van der Waals surface area contributed by atoms with E-state index in [0.29, 0.717) is 12.2 Å². The first-order valence-electron chi connectivity index (χ1n) is 4.52. The number of nitrogens with zero attached hydrogens (tertiary/aromatic N) is 1. The van der Waals surface area contributed by atoms with Gasteiger partial charge >= 0.3 is 6.18 Å². The van der Waals surface area contributed by atoms with Gasteiger partial charge in [-0.2, -0.15) is 13.2 Å². The van der Waals surface area contributed by atoms with Gasteiger partial charge in [0.15, 0.2) is 5.69 Å². The third-order valence-electron chi connectivity index (χ3n) is 1.97. The van der Waals surface area contributed by atoms with Crippen LogP contribution in [0.5, 0.6) is 0 Å². The van der Waals surface area contributed by atoms with E-state index in [-0.39, 0.29) is 11.6 Å². The molecule has 0 saturated carbocycles. The van der Waals surface area contributed by atoms with E-state index in [2.05, 4.69) is 9.97 Å². The topological polar surface area (TPSA) is 28.7 Å². The van der Waals surface area contributed by atoms with E-state index in [4.69, 9.17) is 0 Å². The van der Waals surface area contributed by atoms with Gasteiger partial charge in [0.2, 0.25) is 0 Å². The number of aryl methyl sites for hydroxylation is 1. The van der Waals surface area contributed by atoms with Gasteiger partial charge in [-0.1, -0.05) is 20.8 Å². The smallest absolute Gasteiger partial charge is 0.345 e. The summed E-state index contributed by atoms with van der Waals surface area (Å²) in [6.45, 7) is 5.28. The molecule has 5 heteroatoms. The minimum Gasteiger partial charge on any atom is -0.345 e. The summed E-state index contributed by atoms with van der Waals surface area (Å²) in [6, 6.07) is 0. The number of alkyl halides is 3. The molecule has 0 bridgehead atoms. The Morgan fingerprint density at radius 3 is 2.21 bits per heavy atom. The van der Waals surface area contributed by atoms with Crippen LogP contribution in [0.1, 0.15) is 43.9 Å². The molecule has 0 amide bonds. The van der Waals surface area contributed by atoms with Gasteiger partial charge in [-0.3, -0.25) is 0 Å². The van der Waals surface area contributed by atoms with Crippen molar-refractivity contribution in [2.45, 2.75) is 39.3 Å². The molecule has 1 rings (SSSR count). The predicted octanol–water partition coefficient (Wildman–Crippen LogP) is 3.11. The summed E-state index contributed by atoms with van der Waals surface area (Å²) in [6.07, 6.45) is -4.04. The number of H-pyrrole nitrogens is 1. The van der Waals surface area contributed by atoms with Crippen molar-refractivity contribution in [3.63, 3.8) is 0 Å². The summed E-state index contributed by atoms with van der Waals surface area (Å²) in [5.74, 6) is 0.380. The molecule has 0 unspecified atom stereocenters. The standard InChI is InChI=1S/C9H13F3N2/c1-4-6-7(9(10,11)12)14-8(13-6)5(2)3/h5H,4H2,1-3H3,(H,13,14). The van der Waals surface area contributed by atoms with E-state index in [1.165, 1.54) is 0 Å². The molecule has 0 saturated heterocycles. The average molecular weight is 206 g/mol. The largest absolute Gasteiger partial charge is 0.435 e. The van der Waals surface area contributed by atoms with Crippen LogP contribution >= 0.6 is 0 Å². The number of hydrogen-bond donors (Lipinski definition) is 1. The number of hydrogen-bond acceptors (Lipinski definition) is 1. The van der Waals surface area contributed by atoms with Crippen LogP contribution in [-0.4, -0.2) is 9.97 Å². The minimum atomic E-state index is -4.35. The summed E-state index contributed by atoms with van der Waals surface area (Å²) in [5, 5.41) is 0. The third kappa shape index (κ3) is 2.08. The maximum atomic E-state index is 12.4. The van der Waals surface area contributed by atoms with Crippen molar-refractivity contribution in [2.75, 3.05) is 0 Å². The maximum Gasteiger partial charge on any atom is 0.435 e. The molecule has 1 heterocycles. The molecule has 0 aliphatic carbocycles. The number of halogens is 3. The second kappa shape index (κ2) is 3.63. The van der Waals surface area contributed by atoms with E-state index < -0.39 is 11.9 Å². The second-order valence-corrected chi connectivity index (χ2v) is 3.46. The van der Waals surface area contributed by atoms with Crippen LogP contribution in [-0.2, 0) is 12.6 Å². The lowest BCUT2D eigenvalue weighted by Gasteiger charge is -2.03. The lowest BCUT2D eigenvalue weighted by Crippen LogP contribution is -2.08. The van der Waals surface area contributed by atoms with Crippen molar-refractivity contribution < 1.29 is 13.2 Å². The van der Waals surface area contributed by atoms with Gasteiger partial charge in [0.25, 0.3) is 0 Å². The van der Waals surface area contributed by atoms with Crippen molar-refractivity contribution in [3.8, 4) is 0 Å². The van der Waals surface area contributed by atoms with E-state index >= 15 is 0 Å². The molecular formula is C9H13F3N2. The highest BCUT2D eigenvalue weighted by atomic mass is 19.4. The summed E-state index contributed by atoms with van der Waals surface area (Å²) in [5.41, 5.74) is -0.607. The average Bonchev–Trinajstić information content (AvgIpc) is 2.46. The molecule has 0 radical (unpaired) electrons. The molecule has 0 atom stereocenters. The van der Waals surface area contributed by atoms with Crippen LogP contribution < -0.4 is 0 Å². The fraction of sp³-hybridized carbons (Fsp3) is 0.667. The zero-order chi connectivity index (χ0) is 10.9. The van der Waals surface area contributed by atoms with Crippen molar-refractivity contribution in [1.82, 2.24) is 9.97 Å². The van der Waals surface area contributed by atoms with Crippen LogP contribution in [0.15, 0.2) is 0 Å². The highest BCUT2D eigenvalue weighted by Crippen LogP contribution is 2.31. The van der Waals surface area contributed by atoms with Gasteiger partial charge in [-0.05, 0) is 6.42 Å². The fourth-order valence-corrected chi connectivity index (χ4v) is 1.19. The predicted molar refractivity (Wildman–Crippen MR) is 47.1 cm³/mol. The second-order valence-electron chi connectivity index (χ2n) is 3.46. The van der Waals surface area contributed by atoms with Gasteiger partial charge < -0.3 is 4.98 Å². The molecule has 80 valence electrons. The van der Waals surface area contributed by atoms with Crippen LogP contribution in [0.4, 0.5) is 13.2 Å². The van der Waals surface area contributed by atoms with Crippen molar-refractivity contribution in [1.29, 1.82) is 0 Å². The van der Waals surface area contributed by atoms with Gasteiger partial charge in [0, 0.05) is 11.6 Å². The van der Waals surface area contributed by atoms with Crippen LogP contribution in [0.2, 0.25) is 0 Å². The number of imidazole rings is 1. The van der Waals surface area contributed by atoms with Crippen molar-refractivity contribution >= 4 is 0 Å². The molecule has 1 N–H and O–H groups in total. The number of aromatic amines is 1. The number of nitrogens with one attached hydrogen (secondary N) is 1. The summed E-state index contributed by atoms with van der Waals surface area (Å²) in [4.78, 5) is 6.28. The molecule has 2 nitrogen and oxygen atoms in total. The fourth-order valence-electron chi connectivity index (χ4n) is 1.19. The first-order chi connectivity index (χ1) is 6.36. The molecule has 0 aliphatic heterocycles. The lowest BCUT2D eigenvalue weighted by atomic mass is 10.2. The molecule has 14 heavy (non-hydrogen) atoms. The Labute approximate surface area is 80.5 Å². The highest BCUT2D eigenvalue weighted by Gasteiger charge is 2.36. The zero-order valence-corrected chi connectivity index (χ0v) is 8.37. The quantitative estimate of drug-likeness (QED) is 0.791.